The molecule has 1 unspecified atom stereocenters. The van der Waals surface area contributed by atoms with Crippen LogP contribution in [0.5, 0.6) is 0 Å². The van der Waals surface area contributed by atoms with Gasteiger partial charge >= 0.3 is 0 Å². The average molecular weight is 338 g/mol. The van der Waals surface area contributed by atoms with Gasteiger partial charge in [0.2, 0.25) is 5.91 Å². The summed E-state index contributed by atoms with van der Waals surface area (Å²) in [7, 11) is 0. The van der Waals surface area contributed by atoms with Gasteiger partial charge in [-0.2, -0.15) is 0 Å². The van der Waals surface area contributed by atoms with Crippen molar-refractivity contribution in [3.8, 4) is 0 Å². The summed E-state index contributed by atoms with van der Waals surface area (Å²) in [6.07, 6.45) is 3.16. The van der Waals surface area contributed by atoms with Gasteiger partial charge in [-0.3, -0.25) is 9.59 Å². The van der Waals surface area contributed by atoms with E-state index in [2.05, 4.69) is 10.6 Å². The van der Waals surface area contributed by atoms with Gasteiger partial charge in [0.25, 0.3) is 5.91 Å². The molecule has 0 spiro atoms. The summed E-state index contributed by atoms with van der Waals surface area (Å²) in [6.45, 7) is 2.94. The van der Waals surface area contributed by atoms with Crippen molar-refractivity contribution in [2.75, 3.05) is 26.2 Å². The lowest BCUT2D eigenvalue weighted by molar-refractivity contribution is -0.140. The molecule has 0 bridgehead atoms. The Kier molecular flexibility index (Phi) is 6.42. The van der Waals surface area contributed by atoms with Crippen LogP contribution in [0.1, 0.15) is 29.6 Å². The molecular formula is C17H24ClN3O2. The number of piperidine rings is 1. The number of amides is 2. The lowest BCUT2D eigenvalue weighted by atomic mass is 9.96. The molecule has 2 saturated heterocycles. The summed E-state index contributed by atoms with van der Waals surface area (Å²) in [5.41, 5.74) is 0.666. The maximum Gasteiger partial charge on any atom is 0.251 e. The third kappa shape index (κ3) is 4.24. The first-order valence-electron chi connectivity index (χ1n) is 8.10. The number of nitrogens with one attached hydrogen (secondary N) is 2. The molecule has 0 aromatic heterocycles. The van der Waals surface area contributed by atoms with Gasteiger partial charge in [-0.25, -0.2) is 0 Å². The van der Waals surface area contributed by atoms with Crippen LogP contribution in [0.25, 0.3) is 0 Å². The minimum Gasteiger partial charge on any atom is -0.350 e. The van der Waals surface area contributed by atoms with E-state index in [4.69, 9.17) is 0 Å². The van der Waals surface area contributed by atoms with Crippen LogP contribution in [0, 0.1) is 5.92 Å². The highest BCUT2D eigenvalue weighted by atomic mass is 35.5. The normalized spacial score (nSPS) is 21.0. The van der Waals surface area contributed by atoms with Gasteiger partial charge in [-0.15, -0.1) is 12.4 Å². The van der Waals surface area contributed by atoms with Crippen molar-refractivity contribution < 1.29 is 9.59 Å². The summed E-state index contributed by atoms with van der Waals surface area (Å²) < 4.78 is 0. The second-order valence-corrected chi connectivity index (χ2v) is 6.11. The van der Waals surface area contributed by atoms with Gasteiger partial charge < -0.3 is 15.5 Å². The molecule has 1 aromatic rings. The zero-order valence-electron chi connectivity index (χ0n) is 13.2. The van der Waals surface area contributed by atoms with E-state index in [0.717, 1.165) is 38.9 Å². The molecule has 0 aliphatic carbocycles. The molecule has 2 heterocycles. The molecule has 2 aliphatic rings. The average Bonchev–Trinajstić information content (AvgIpc) is 2.52. The molecule has 1 aromatic carbocycles. The van der Waals surface area contributed by atoms with E-state index in [0.29, 0.717) is 12.1 Å². The third-order valence-corrected chi connectivity index (χ3v) is 4.58. The monoisotopic (exact) mass is 337 g/mol. The van der Waals surface area contributed by atoms with Gasteiger partial charge in [-0.1, -0.05) is 18.2 Å². The lowest BCUT2D eigenvalue weighted by Crippen LogP contribution is -2.57. The minimum absolute atomic E-state index is 0. The Bertz CT molecular complexity index is 534. The van der Waals surface area contributed by atoms with Crippen LogP contribution in [0.2, 0.25) is 0 Å². The molecular weight excluding hydrogens is 314 g/mol. The van der Waals surface area contributed by atoms with Gasteiger partial charge in [-0.05, 0) is 31.4 Å². The first-order valence-corrected chi connectivity index (χ1v) is 8.10. The SMILES string of the molecule is Cl.O=C(NCC1CCCCN1C(=O)C1CNC1)c1ccccc1. The number of rotatable bonds is 4. The number of halogens is 1. The molecule has 2 aliphatic heterocycles. The highest BCUT2D eigenvalue weighted by Crippen LogP contribution is 2.20. The highest BCUT2D eigenvalue weighted by Gasteiger charge is 2.34. The molecule has 0 saturated carbocycles. The second-order valence-electron chi connectivity index (χ2n) is 6.11. The van der Waals surface area contributed by atoms with E-state index in [1.165, 1.54) is 0 Å². The smallest absolute Gasteiger partial charge is 0.251 e. The number of hydrogen-bond donors (Lipinski definition) is 2. The van der Waals surface area contributed by atoms with Crippen molar-refractivity contribution in [2.45, 2.75) is 25.3 Å². The van der Waals surface area contributed by atoms with Gasteiger partial charge in [0, 0.05) is 37.8 Å². The maximum atomic E-state index is 12.5. The standard InChI is InChI=1S/C17H23N3O2.ClH/c21-16(13-6-2-1-3-7-13)19-12-15-8-4-5-9-20(15)17(22)14-10-18-11-14;/h1-3,6-7,14-15,18H,4-5,8-12H2,(H,19,21);1H. The summed E-state index contributed by atoms with van der Waals surface area (Å²) in [6, 6.07) is 9.35. The van der Waals surface area contributed by atoms with E-state index in [1.54, 1.807) is 12.1 Å². The fourth-order valence-corrected chi connectivity index (χ4v) is 3.10. The van der Waals surface area contributed by atoms with Crippen molar-refractivity contribution in [2.24, 2.45) is 5.92 Å². The van der Waals surface area contributed by atoms with Gasteiger partial charge in [0.05, 0.1) is 5.92 Å². The predicted octanol–water partition coefficient (Wildman–Crippen LogP) is 1.44. The Morgan fingerprint density at radius 3 is 2.57 bits per heavy atom. The molecule has 2 fully saturated rings. The van der Waals surface area contributed by atoms with Crippen molar-refractivity contribution in [3.05, 3.63) is 35.9 Å². The number of benzene rings is 1. The third-order valence-electron chi connectivity index (χ3n) is 4.58. The maximum absolute atomic E-state index is 12.5. The van der Waals surface area contributed by atoms with E-state index in [-0.39, 0.29) is 36.2 Å². The number of carbonyl (C=O) groups excluding carboxylic acids is 2. The Balaban J connectivity index is 0.00000192. The van der Waals surface area contributed by atoms with Crippen LogP contribution < -0.4 is 10.6 Å². The summed E-state index contributed by atoms with van der Waals surface area (Å²) in [5, 5.41) is 6.13. The fourth-order valence-electron chi connectivity index (χ4n) is 3.10. The largest absolute Gasteiger partial charge is 0.350 e. The molecule has 0 radical (unpaired) electrons. The zero-order chi connectivity index (χ0) is 15.4. The van der Waals surface area contributed by atoms with Crippen molar-refractivity contribution in [3.63, 3.8) is 0 Å². The van der Waals surface area contributed by atoms with Crippen LogP contribution in [-0.2, 0) is 4.79 Å². The minimum atomic E-state index is -0.0658. The number of carbonyl (C=O) groups is 2. The van der Waals surface area contributed by atoms with E-state index in [1.807, 2.05) is 23.1 Å². The first kappa shape index (κ1) is 17.8. The van der Waals surface area contributed by atoms with Crippen LogP contribution in [-0.4, -0.2) is 48.9 Å². The van der Waals surface area contributed by atoms with Crippen LogP contribution in [0.3, 0.4) is 0 Å². The van der Waals surface area contributed by atoms with Crippen LogP contribution >= 0.6 is 12.4 Å². The van der Waals surface area contributed by atoms with Crippen molar-refractivity contribution >= 4 is 24.2 Å². The Labute approximate surface area is 143 Å². The zero-order valence-corrected chi connectivity index (χ0v) is 14.0. The second kappa shape index (κ2) is 8.31. The molecule has 126 valence electrons. The van der Waals surface area contributed by atoms with Gasteiger partial charge in [0.1, 0.15) is 0 Å². The number of hydrogen-bond acceptors (Lipinski definition) is 3. The first-order chi connectivity index (χ1) is 10.8. The molecule has 1 atom stereocenters. The van der Waals surface area contributed by atoms with E-state index < -0.39 is 0 Å². The fraction of sp³-hybridized carbons (Fsp3) is 0.529. The predicted molar refractivity (Wildman–Crippen MR) is 91.7 cm³/mol. The highest BCUT2D eigenvalue weighted by molar-refractivity contribution is 5.94. The molecule has 3 rings (SSSR count). The number of likely N-dealkylation sites (tertiary alicyclic amines) is 1. The Morgan fingerprint density at radius 2 is 1.91 bits per heavy atom. The Hall–Kier alpha value is -1.59. The molecule has 23 heavy (non-hydrogen) atoms. The lowest BCUT2D eigenvalue weighted by Gasteiger charge is -2.40. The summed E-state index contributed by atoms with van der Waals surface area (Å²) in [4.78, 5) is 26.6. The Morgan fingerprint density at radius 1 is 1.17 bits per heavy atom. The van der Waals surface area contributed by atoms with Crippen LogP contribution in [0.15, 0.2) is 30.3 Å². The van der Waals surface area contributed by atoms with Crippen molar-refractivity contribution in [1.82, 2.24) is 15.5 Å². The van der Waals surface area contributed by atoms with Crippen molar-refractivity contribution in [1.29, 1.82) is 0 Å². The summed E-state index contributed by atoms with van der Waals surface area (Å²) >= 11 is 0. The van der Waals surface area contributed by atoms with Gasteiger partial charge in [0.15, 0.2) is 0 Å². The molecule has 6 heteroatoms. The quantitative estimate of drug-likeness (QED) is 0.874. The summed E-state index contributed by atoms with van der Waals surface area (Å²) in [5.74, 6) is 0.312. The van der Waals surface area contributed by atoms with E-state index in [9.17, 15) is 9.59 Å². The number of nitrogens with zero attached hydrogens (tertiary/aromatic N) is 1. The topological polar surface area (TPSA) is 61.4 Å². The molecule has 2 N–H and O–H groups in total. The van der Waals surface area contributed by atoms with Crippen LogP contribution in [0.4, 0.5) is 0 Å². The molecule has 5 nitrogen and oxygen atoms in total. The molecule has 2 amide bonds. The van der Waals surface area contributed by atoms with E-state index >= 15 is 0 Å².